The molecule has 2 aromatic rings. The van der Waals surface area contributed by atoms with Gasteiger partial charge in [-0.2, -0.15) is 0 Å². The average Bonchev–Trinajstić information content (AvgIpc) is 2.67. The van der Waals surface area contributed by atoms with Crippen molar-refractivity contribution in [1.82, 2.24) is 19.9 Å². The summed E-state index contributed by atoms with van der Waals surface area (Å²) in [7, 11) is 0. The Labute approximate surface area is 94.9 Å². The molecule has 0 spiro atoms. The van der Waals surface area contributed by atoms with Gasteiger partial charge in [0, 0.05) is 0 Å². The molecular weight excluding hydrogens is 142 g/mol. The molecule has 6 heteroatoms. The SMILES string of the molecule is [Li+].[Li+].c1c[n-]cn1.c1c[n-]cn1. The molecule has 2 heterocycles. The minimum Gasteiger partial charge on any atom is -0.450 e. The van der Waals surface area contributed by atoms with Crippen LogP contribution in [0.15, 0.2) is 37.4 Å². The molecule has 0 saturated carbocycles. The number of aromatic nitrogens is 4. The van der Waals surface area contributed by atoms with Gasteiger partial charge in [-0.1, -0.05) is 37.4 Å². The second kappa shape index (κ2) is 10.6. The van der Waals surface area contributed by atoms with Crippen molar-refractivity contribution in [3.8, 4) is 0 Å². The van der Waals surface area contributed by atoms with Gasteiger partial charge in [0.1, 0.15) is 0 Å². The molecule has 0 fully saturated rings. The fraction of sp³-hybridized carbons (Fsp3) is 0. The van der Waals surface area contributed by atoms with E-state index in [1.54, 1.807) is 24.8 Å². The van der Waals surface area contributed by atoms with Crippen LogP contribution in [0.4, 0.5) is 0 Å². The van der Waals surface area contributed by atoms with Crippen molar-refractivity contribution < 1.29 is 37.7 Å². The van der Waals surface area contributed by atoms with Crippen LogP contribution < -0.4 is 47.7 Å². The molecule has 12 heavy (non-hydrogen) atoms. The standard InChI is InChI=1S/2C3H3N2.2Li/c2*1-2-5-3-4-1;;/h2*1-3H;;/q2*-1;2*+1. The zero-order chi connectivity index (χ0) is 7.07. The first-order valence-corrected chi connectivity index (χ1v) is 2.73. The van der Waals surface area contributed by atoms with Gasteiger partial charge in [0.2, 0.25) is 0 Å². The molecule has 2 aromatic heterocycles. The third-order valence-corrected chi connectivity index (χ3v) is 0.744. The minimum atomic E-state index is 0. The monoisotopic (exact) mass is 148 g/mol. The molecular formula is C6H6Li2N4. The second-order valence-corrected chi connectivity index (χ2v) is 1.42. The summed E-state index contributed by atoms with van der Waals surface area (Å²) in [5.74, 6) is 0. The molecule has 0 aliphatic carbocycles. The molecule has 0 N–H and O–H groups in total. The van der Waals surface area contributed by atoms with E-state index in [4.69, 9.17) is 0 Å². The first-order chi connectivity index (χ1) is 5.00. The zero-order valence-corrected chi connectivity index (χ0v) is 7.25. The van der Waals surface area contributed by atoms with Crippen molar-refractivity contribution in [3.63, 3.8) is 0 Å². The van der Waals surface area contributed by atoms with Crippen molar-refractivity contribution in [2.45, 2.75) is 0 Å². The molecule has 0 aliphatic heterocycles. The Hall–Kier alpha value is -0.385. The van der Waals surface area contributed by atoms with Gasteiger partial charge in [0.05, 0.1) is 0 Å². The summed E-state index contributed by atoms with van der Waals surface area (Å²) in [5, 5.41) is 0. The fourth-order valence-electron chi connectivity index (χ4n) is 0.385. The Kier molecular flexibility index (Phi) is 12.5. The topological polar surface area (TPSA) is 54.0 Å². The molecule has 0 atom stereocenters. The van der Waals surface area contributed by atoms with Crippen LogP contribution in [0.3, 0.4) is 0 Å². The third-order valence-electron chi connectivity index (χ3n) is 0.744. The van der Waals surface area contributed by atoms with Gasteiger partial charge in [0.25, 0.3) is 0 Å². The van der Waals surface area contributed by atoms with Crippen molar-refractivity contribution in [2.24, 2.45) is 0 Å². The summed E-state index contributed by atoms with van der Waals surface area (Å²) < 4.78 is 0. The maximum absolute atomic E-state index is 3.61. The van der Waals surface area contributed by atoms with E-state index in [1.165, 1.54) is 12.7 Å². The van der Waals surface area contributed by atoms with Crippen molar-refractivity contribution in [2.75, 3.05) is 0 Å². The van der Waals surface area contributed by atoms with Gasteiger partial charge in [-0.05, 0) is 0 Å². The number of hydrogen-bond acceptors (Lipinski definition) is 2. The summed E-state index contributed by atoms with van der Waals surface area (Å²) in [6, 6.07) is 0. The Morgan fingerprint density at radius 3 is 1.25 bits per heavy atom. The molecule has 4 nitrogen and oxygen atoms in total. The number of rotatable bonds is 0. The number of nitrogens with zero attached hydrogens (tertiary/aromatic N) is 4. The Morgan fingerprint density at radius 1 is 0.750 bits per heavy atom. The number of imidazole rings is 2. The molecule has 0 aliphatic rings. The van der Waals surface area contributed by atoms with E-state index in [-0.39, 0.29) is 37.7 Å². The van der Waals surface area contributed by atoms with Crippen molar-refractivity contribution in [3.05, 3.63) is 37.4 Å². The van der Waals surface area contributed by atoms with Crippen LogP contribution in [0.25, 0.3) is 0 Å². The molecule has 0 saturated heterocycles. The maximum atomic E-state index is 3.61. The predicted octanol–water partition coefficient (Wildman–Crippen LogP) is -5.91. The van der Waals surface area contributed by atoms with Crippen LogP contribution in [-0.4, -0.2) is 9.97 Å². The van der Waals surface area contributed by atoms with Gasteiger partial charge >= 0.3 is 37.7 Å². The van der Waals surface area contributed by atoms with Crippen molar-refractivity contribution in [1.29, 1.82) is 0 Å². The van der Waals surface area contributed by atoms with E-state index in [0.29, 0.717) is 0 Å². The summed E-state index contributed by atoms with van der Waals surface area (Å²) in [6.07, 6.45) is 9.56. The van der Waals surface area contributed by atoms with Crippen LogP contribution in [0.1, 0.15) is 0 Å². The average molecular weight is 148 g/mol. The van der Waals surface area contributed by atoms with Crippen LogP contribution in [0, 0.1) is 0 Å². The Bertz CT molecular complexity index is 157. The largest absolute Gasteiger partial charge is 1.00 e. The maximum Gasteiger partial charge on any atom is 1.00 e. The molecule has 2 rings (SSSR count). The summed E-state index contributed by atoms with van der Waals surface area (Å²) in [4.78, 5) is 14.4. The molecule has 52 valence electrons. The fourth-order valence-corrected chi connectivity index (χ4v) is 0.385. The van der Waals surface area contributed by atoms with Crippen LogP contribution in [-0.2, 0) is 0 Å². The minimum absolute atomic E-state index is 0. The van der Waals surface area contributed by atoms with Gasteiger partial charge in [-0.25, -0.2) is 0 Å². The van der Waals surface area contributed by atoms with Crippen LogP contribution in [0.2, 0.25) is 0 Å². The van der Waals surface area contributed by atoms with Gasteiger partial charge in [-0.15, -0.1) is 0 Å². The summed E-state index contributed by atoms with van der Waals surface area (Å²) in [5.41, 5.74) is 0. The van der Waals surface area contributed by atoms with E-state index >= 15 is 0 Å². The summed E-state index contributed by atoms with van der Waals surface area (Å²) >= 11 is 0. The molecule has 0 aromatic carbocycles. The summed E-state index contributed by atoms with van der Waals surface area (Å²) in [6.45, 7) is 0. The molecule has 0 amide bonds. The van der Waals surface area contributed by atoms with Crippen LogP contribution in [0.5, 0.6) is 0 Å². The predicted molar refractivity (Wildman–Crippen MR) is 35.1 cm³/mol. The first-order valence-electron chi connectivity index (χ1n) is 2.73. The molecule has 0 radical (unpaired) electrons. The Balaban J connectivity index is 0. The van der Waals surface area contributed by atoms with Crippen LogP contribution >= 0.6 is 0 Å². The zero-order valence-electron chi connectivity index (χ0n) is 7.25. The smallest absolute Gasteiger partial charge is 0.450 e. The van der Waals surface area contributed by atoms with Gasteiger partial charge in [-0.3, -0.25) is 0 Å². The second-order valence-electron chi connectivity index (χ2n) is 1.42. The van der Waals surface area contributed by atoms with E-state index in [9.17, 15) is 0 Å². The third kappa shape index (κ3) is 7.72. The van der Waals surface area contributed by atoms with E-state index in [1.807, 2.05) is 0 Å². The Morgan fingerprint density at radius 2 is 1.17 bits per heavy atom. The normalized spacial score (nSPS) is 6.67. The number of hydrogen-bond donors (Lipinski definition) is 0. The van der Waals surface area contributed by atoms with Gasteiger partial charge < -0.3 is 19.9 Å². The molecule has 0 bridgehead atoms. The van der Waals surface area contributed by atoms with E-state index in [0.717, 1.165) is 0 Å². The van der Waals surface area contributed by atoms with Crippen molar-refractivity contribution >= 4 is 0 Å². The van der Waals surface area contributed by atoms with E-state index in [2.05, 4.69) is 19.9 Å². The van der Waals surface area contributed by atoms with Gasteiger partial charge in [0.15, 0.2) is 0 Å². The quantitative estimate of drug-likeness (QED) is 0.349. The first kappa shape index (κ1) is 14.2. The molecule has 0 unspecified atom stereocenters. The van der Waals surface area contributed by atoms with E-state index < -0.39 is 0 Å².